The molecule has 3 rings (SSSR count). The quantitative estimate of drug-likeness (QED) is 0.645. The van der Waals surface area contributed by atoms with E-state index in [1.807, 2.05) is 31.2 Å². The monoisotopic (exact) mass is 378 g/mol. The molecule has 0 spiro atoms. The van der Waals surface area contributed by atoms with E-state index < -0.39 is 0 Å². The van der Waals surface area contributed by atoms with Crippen molar-refractivity contribution in [1.82, 2.24) is 9.97 Å². The maximum absolute atomic E-state index is 12.6. The molecular weight excluding hydrogens is 356 g/mol. The van der Waals surface area contributed by atoms with Crippen LogP contribution in [0.4, 0.5) is 17.3 Å². The lowest BCUT2D eigenvalue weighted by atomic mass is 10.1. The Bertz CT molecular complexity index is 975. The first-order valence-electron chi connectivity index (χ1n) is 8.86. The summed E-state index contributed by atoms with van der Waals surface area (Å²) in [4.78, 5) is 21.1. The Kier molecular flexibility index (Phi) is 6.06. The molecule has 0 aliphatic carbocycles. The first-order valence-corrected chi connectivity index (χ1v) is 8.86. The van der Waals surface area contributed by atoms with Crippen LogP contribution < -0.4 is 20.1 Å². The summed E-state index contributed by atoms with van der Waals surface area (Å²) in [6.07, 6.45) is 2.36. The number of nitrogens with one attached hydrogen (secondary N) is 2. The van der Waals surface area contributed by atoms with Crippen molar-refractivity contribution in [3.63, 3.8) is 0 Å². The van der Waals surface area contributed by atoms with Crippen molar-refractivity contribution in [1.29, 1.82) is 0 Å². The number of amides is 1. The molecule has 144 valence electrons. The molecular formula is C21H22N4O3. The van der Waals surface area contributed by atoms with Gasteiger partial charge < -0.3 is 20.1 Å². The Labute approximate surface area is 163 Å². The molecule has 0 unspecified atom stereocenters. The molecule has 0 saturated carbocycles. The molecule has 1 aromatic heterocycles. The highest BCUT2D eigenvalue weighted by Crippen LogP contribution is 2.30. The van der Waals surface area contributed by atoms with Crippen LogP contribution in [0.5, 0.6) is 11.5 Å². The van der Waals surface area contributed by atoms with Crippen LogP contribution in [-0.4, -0.2) is 30.1 Å². The van der Waals surface area contributed by atoms with Crippen LogP contribution in [-0.2, 0) is 6.42 Å². The molecule has 1 amide bonds. The fourth-order valence-corrected chi connectivity index (χ4v) is 2.70. The second-order valence-electron chi connectivity index (χ2n) is 5.92. The van der Waals surface area contributed by atoms with Crippen molar-refractivity contribution >= 4 is 23.2 Å². The Morgan fingerprint density at radius 1 is 1.04 bits per heavy atom. The van der Waals surface area contributed by atoms with Gasteiger partial charge in [-0.25, -0.2) is 9.97 Å². The molecule has 28 heavy (non-hydrogen) atoms. The molecule has 2 N–H and O–H groups in total. The molecule has 7 nitrogen and oxygen atoms in total. The fraction of sp³-hybridized carbons (Fsp3) is 0.190. The van der Waals surface area contributed by atoms with Crippen molar-refractivity contribution in [3.8, 4) is 11.5 Å². The van der Waals surface area contributed by atoms with Gasteiger partial charge in [0.05, 0.1) is 19.9 Å². The molecule has 0 bridgehead atoms. The molecule has 0 aliphatic heterocycles. The summed E-state index contributed by atoms with van der Waals surface area (Å²) in [5.74, 6) is 1.24. The third kappa shape index (κ3) is 4.37. The average Bonchev–Trinajstić information content (AvgIpc) is 2.74. The van der Waals surface area contributed by atoms with Gasteiger partial charge in [-0.2, -0.15) is 0 Å². The Morgan fingerprint density at radius 3 is 2.61 bits per heavy atom. The highest BCUT2D eigenvalue weighted by Gasteiger charge is 2.12. The van der Waals surface area contributed by atoms with Crippen LogP contribution in [0.1, 0.15) is 23.0 Å². The zero-order valence-corrected chi connectivity index (χ0v) is 16.0. The van der Waals surface area contributed by atoms with E-state index in [-0.39, 0.29) is 11.6 Å². The highest BCUT2D eigenvalue weighted by atomic mass is 16.5. The predicted molar refractivity (Wildman–Crippen MR) is 109 cm³/mol. The average molecular weight is 378 g/mol. The molecule has 0 saturated heterocycles. The number of anilines is 3. The second-order valence-corrected chi connectivity index (χ2v) is 5.92. The number of ether oxygens (including phenoxy) is 2. The lowest BCUT2D eigenvalue weighted by Crippen LogP contribution is -2.15. The molecule has 3 aromatic rings. The summed E-state index contributed by atoms with van der Waals surface area (Å²) in [7, 11) is 3.15. The second kappa shape index (κ2) is 8.85. The Hall–Kier alpha value is -3.61. The summed E-state index contributed by atoms with van der Waals surface area (Å²) in [6, 6.07) is 14.6. The summed E-state index contributed by atoms with van der Waals surface area (Å²) < 4.78 is 10.6. The standard InChI is InChI=1S/C21H22N4O3/c1-4-14-7-5-6-8-16(14)23-20(26)18-11-12-22-21(25-18)24-17-10-9-15(27-2)13-19(17)28-3/h5-13H,4H2,1-3H3,(H,23,26)(H,22,24,25). The van der Waals surface area contributed by atoms with Crippen LogP contribution in [0.15, 0.2) is 54.7 Å². The normalized spacial score (nSPS) is 10.2. The SMILES string of the molecule is CCc1ccccc1NC(=O)c1ccnc(Nc2ccc(OC)cc2OC)n1. The minimum absolute atomic E-state index is 0.260. The van der Waals surface area contributed by atoms with Crippen molar-refractivity contribution in [3.05, 3.63) is 66.0 Å². The number of rotatable bonds is 7. The molecule has 0 aliphatic rings. The predicted octanol–water partition coefficient (Wildman–Crippen LogP) is 4.05. The zero-order chi connectivity index (χ0) is 19.9. The minimum atomic E-state index is -0.298. The first-order chi connectivity index (χ1) is 13.6. The maximum Gasteiger partial charge on any atom is 0.274 e. The molecule has 1 heterocycles. The number of carbonyl (C=O) groups is 1. The van der Waals surface area contributed by atoms with Crippen molar-refractivity contribution in [2.75, 3.05) is 24.9 Å². The van der Waals surface area contributed by atoms with Gasteiger partial charge in [0.1, 0.15) is 17.2 Å². The number of aryl methyl sites for hydroxylation is 1. The van der Waals surface area contributed by atoms with Crippen molar-refractivity contribution in [2.24, 2.45) is 0 Å². The number of hydrogen-bond donors (Lipinski definition) is 2. The Balaban J connectivity index is 1.80. The van der Waals surface area contributed by atoms with Gasteiger partial charge in [0.25, 0.3) is 5.91 Å². The zero-order valence-electron chi connectivity index (χ0n) is 16.0. The summed E-state index contributed by atoms with van der Waals surface area (Å²) in [6.45, 7) is 2.04. The summed E-state index contributed by atoms with van der Waals surface area (Å²) in [5, 5.41) is 5.98. The van der Waals surface area contributed by atoms with Gasteiger partial charge >= 0.3 is 0 Å². The van der Waals surface area contributed by atoms with Gasteiger partial charge in [-0.05, 0) is 36.2 Å². The molecule has 2 aromatic carbocycles. The van der Waals surface area contributed by atoms with Crippen molar-refractivity contribution < 1.29 is 14.3 Å². The minimum Gasteiger partial charge on any atom is -0.497 e. The number of aromatic nitrogens is 2. The van der Waals surface area contributed by atoms with Crippen LogP contribution >= 0.6 is 0 Å². The number of methoxy groups -OCH3 is 2. The van der Waals surface area contributed by atoms with E-state index in [4.69, 9.17) is 9.47 Å². The van der Waals surface area contributed by atoms with E-state index in [9.17, 15) is 4.79 Å². The summed E-state index contributed by atoms with van der Waals surface area (Å²) in [5.41, 5.74) is 2.76. The number of nitrogens with zero attached hydrogens (tertiary/aromatic N) is 2. The van der Waals surface area contributed by atoms with Gasteiger partial charge in [-0.3, -0.25) is 4.79 Å². The topological polar surface area (TPSA) is 85.4 Å². The molecule has 7 heteroatoms. The smallest absolute Gasteiger partial charge is 0.274 e. The first kappa shape index (κ1) is 19.2. The number of hydrogen-bond acceptors (Lipinski definition) is 6. The van der Waals surface area contributed by atoms with Crippen LogP contribution in [0.2, 0.25) is 0 Å². The molecule has 0 radical (unpaired) electrons. The lowest BCUT2D eigenvalue weighted by molar-refractivity contribution is 0.102. The Morgan fingerprint density at radius 2 is 1.86 bits per heavy atom. The van der Waals surface area contributed by atoms with E-state index >= 15 is 0 Å². The van der Waals surface area contributed by atoms with Crippen LogP contribution in [0, 0.1) is 0 Å². The van der Waals surface area contributed by atoms with Crippen LogP contribution in [0.25, 0.3) is 0 Å². The van der Waals surface area contributed by atoms with Gasteiger partial charge in [0, 0.05) is 18.0 Å². The fourth-order valence-electron chi connectivity index (χ4n) is 2.70. The maximum atomic E-state index is 12.6. The lowest BCUT2D eigenvalue weighted by Gasteiger charge is -2.12. The third-order valence-electron chi connectivity index (χ3n) is 4.19. The largest absolute Gasteiger partial charge is 0.497 e. The van der Waals surface area contributed by atoms with E-state index in [0.717, 1.165) is 17.7 Å². The third-order valence-corrected chi connectivity index (χ3v) is 4.19. The molecule has 0 fully saturated rings. The number of para-hydroxylation sites is 1. The highest BCUT2D eigenvalue weighted by molar-refractivity contribution is 6.03. The van der Waals surface area contributed by atoms with Gasteiger partial charge in [0.15, 0.2) is 0 Å². The van der Waals surface area contributed by atoms with Gasteiger partial charge in [0.2, 0.25) is 5.95 Å². The van der Waals surface area contributed by atoms with E-state index in [0.29, 0.717) is 23.1 Å². The number of benzene rings is 2. The van der Waals surface area contributed by atoms with E-state index in [2.05, 4.69) is 20.6 Å². The molecule has 0 atom stereocenters. The summed E-state index contributed by atoms with van der Waals surface area (Å²) >= 11 is 0. The van der Waals surface area contributed by atoms with Crippen LogP contribution in [0.3, 0.4) is 0 Å². The van der Waals surface area contributed by atoms with Gasteiger partial charge in [-0.1, -0.05) is 25.1 Å². The van der Waals surface area contributed by atoms with E-state index in [1.54, 1.807) is 38.5 Å². The van der Waals surface area contributed by atoms with Gasteiger partial charge in [-0.15, -0.1) is 0 Å². The van der Waals surface area contributed by atoms with E-state index in [1.165, 1.54) is 6.20 Å². The van der Waals surface area contributed by atoms with Crippen molar-refractivity contribution in [2.45, 2.75) is 13.3 Å². The number of carbonyl (C=O) groups excluding carboxylic acids is 1.